The smallest absolute Gasteiger partial charge is 0.175 e. The van der Waals surface area contributed by atoms with Crippen LogP contribution in [-0.2, 0) is 0 Å². The Labute approximate surface area is 117 Å². The number of rotatable bonds is 8. The second kappa shape index (κ2) is 8.27. The standard InChI is InChI=1S/C14H19F2NOS/c1-3-17(4-2)7-8-19-10-14(18)12-9-11(15)5-6-13(12)16/h5-6,9H,3-4,7-8,10H2,1-2H3. The molecule has 106 valence electrons. The molecule has 0 amide bonds. The maximum Gasteiger partial charge on any atom is 0.175 e. The molecule has 0 saturated carbocycles. The number of carbonyl (C=O) groups excluding carboxylic acids is 1. The Morgan fingerprint density at radius 2 is 1.95 bits per heavy atom. The van der Waals surface area contributed by atoms with Gasteiger partial charge in [0.2, 0.25) is 0 Å². The van der Waals surface area contributed by atoms with E-state index in [1.807, 2.05) is 0 Å². The molecule has 5 heteroatoms. The van der Waals surface area contributed by atoms with Gasteiger partial charge in [-0.2, -0.15) is 11.8 Å². The van der Waals surface area contributed by atoms with Crippen molar-refractivity contribution in [2.45, 2.75) is 13.8 Å². The molecule has 0 spiro atoms. The molecular weight excluding hydrogens is 268 g/mol. The summed E-state index contributed by atoms with van der Waals surface area (Å²) in [5, 5.41) is 0. The zero-order valence-electron chi connectivity index (χ0n) is 11.3. The third-order valence-corrected chi connectivity index (χ3v) is 3.85. The molecule has 0 saturated heterocycles. The lowest BCUT2D eigenvalue weighted by Crippen LogP contribution is -2.25. The van der Waals surface area contributed by atoms with Crippen LogP contribution in [0.25, 0.3) is 0 Å². The van der Waals surface area contributed by atoms with E-state index >= 15 is 0 Å². The molecule has 0 heterocycles. The predicted octanol–water partition coefficient (Wildman–Crippen LogP) is 3.22. The average Bonchev–Trinajstić information content (AvgIpc) is 2.41. The summed E-state index contributed by atoms with van der Waals surface area (Å²) in [5.74, 6) is -0.610. The van der Waals surface area contributed by atoms with Gasteiger partial charge in [0.05, 0.1) is 11.3 Å². The molecule has 0 N–H and O–H groups in total. The highest BCUT2D eigenvalue weighted by Crippen LogP contribution is 2.13. The van der Waals surface area contributed by atoms with Gasteiger partial charge < -0.3 is 4.90 Å². The highest BCUT2D eigenvalue weighted by Gasteiger charge is 2.12. The second-order valence-electron chi connectivity index (χ2n) is 4.13. The summed E-state index contributed by atoms with van der Waals surface area (Å²) < 4.78 is 26.3. The van der Waals surface area contributed by atoms with E-state index in [9.17, 15) is 13.6 Å². The van der Waals surface area contributed by atoms with Crippen LogP contribution in [0.1, 0.15) is 24.2 Å². The number of Topliss-reactive ketones (excluding diaryl/α,β-unsaturated/α-hetero) is 1. The van der Waals surface area contributed by atoms with Crippen LogP contribution in [-0.4, -0.2) is 41.8 Å². The Balaban J connectivity index is 2.41. The molecule has 0 aliphatic carbocycles. The lowest BCUT2D eigenvalue weighted by atomic mass is 10.1. The van der Waals surface area contributed by atoms with Gasteiger partial charge in [0, 0.05) is 12.3 Å². The molecule has 0 aliphatic rings. The van der Waals surface area contributed by atoms with Gasteiger partial charge in [-0.05, 0) is 31.3 Å². The van der Waals surface area contributed by atoms with Crippen molar-refractivity contribution in [1.82, 2.24) is 4.90 Å². The number of carbonyl (C=O) groups is 1. The van der Waals surface area contributed by atoms with E-state index in [1.54, 1.807) is 0 Å². The summed E-state index contributed by atoms with van der Waals surface area (Å²) >= 11 is 1.45. The third kappa shape index (κ3) is 5.28. The predicted molar refractivity (Wildman–Crippen MR) is 75.8 cm³/mol. The van der Waals surface area contributed by atoms with E-state index in [0.717, 1.165) is 43.6 Å². The molecule has 0 atom stereocenters. The van der Waals surface area contributed by atoms with Crippen molar-refractivity contribution in [1.29, 1.82) is 0 Å². The number of benzene rings is 1. The second-order valence-corrected chi connectivity index (χ2v) is 5.23. The minimum absolute atomic E-state index is 0.157. The first-order valence-electron chi connectivity index (χ1n) is 6.36. The minimum atomic E-state index is -0.657. The number of hydrogen-bond acceptors (Lipinski definition) is 3. The normalized spacial score (nSPS) is 11.0. The molecule has 19 heavy (non-hydrogen) atoms. The van der Waals surface area contributed by atoms with Gasteiger partial charge in [0.15, 0.2) is 5.78 Å². The third-order valence-electron chi connectivity index (χ3n) is 2.91. The van der Waals surface area contributed by atoms with Gasteiger partial charge in [0.1, 0.15) is 11.6 Å². The molecule has 1 rings (SSSR count). The Kier molecular flexibility index (Phi) is 7.02. The molecule has 0 bridgehead atoms. The van der Waals surface area contributed by atoms with Crippen molar-refractivity contribution in [2.24, 2.45) is 0 Å². The molecule has 0 unspecified atom stereocenters. The highest BCUT2D eigenvalue weighted by molar-refractivity contribution is 8.00. The molecule has 0 aromatic heterocycles. The van der Waals surface area contributed by atoms with Gasteiger partial charge >= 0.3 is 0 Å². The molecule has 2 nitrogen and oxygen atoms in total. The van der Waals surface area contributed by atoms with Crippen LogP contribution in [0.3, 0.4) is 0 Å². The maximum atomic E-state index is 13.4. The first-order valence-corrected chi connectivity index (χ1v) is 7.52. The topological polar surface area (TPSA) is 20.3 Å². The van der Waals surface area contributed by atoms with Gasteiger partial charge in [-0.15, -0.1) is 0 Å². The van der Waals surface area contributed by atoms with Crippen LogP contribution in [0, 0.1) is 11.6 Å². The maximum absolute atomic E-state index is 13.4. The lowest BCUT2D eigenvalue weighted by molar-refractivity contribution is 0.101. The minimum Gasteiger partial charge on any atom is -0.303 e. The van der Waals surface area contributed by atoms with E-state index in [1.165, 1.54) is 11.8 Å². The van der Waals surface area contributed by atoms with Crippen LogP contribution < -0.4 is 0 Å². The first-order chi connectivity index (χ1) is 9.08. The summed E-state index contributed by atoms with van der Waals surface area (Å²) in [7, 11) is 0. The average molecular weight is 287 g/mol. The van der Waals surface area contributed by atoms with Crippen LogP contribution in [0.15, 0.2) is 18.2 Å². The van der Waals surface area contributed by atoms with Gasteiger partial charge in [-0.1, -0.05) is 13.8 Å². The summed E-state index contributed by atoms with van der Waals surface area (Å²) in [6.07, 6.45) is 0. The van der Waals surface area contributed by atoms with Crippen molar-refractivity contribution in [3.05, 3.63) is 35.4 Å². The van der Waals surface area contributed by atoms with E-state index in [2.05, 4.69) is 18.7 Å². The molecule has 0 radical (unpaired) electrons. The lowest BCUT2D eigenvalue weighted by Gasteiger charge is -2.17. The van der Waals surface area contributed by atoms with Crippen molar-refractivity contribution in [3.63, 3.8) is 0 Å². The Morgan fingerprint density at radius 3 is 2.58 bits per heavy atom. The number of thioether (sulfide) groups is 1. The monoisotopic (exact) mass is 287 g/mol. The SMILES string of the molecule is CCN(CC)CCSCC(=O)c1cc(F)ccc1F. The quantitative estimate of drug-likeness (QED) is 0.541. The van der Waals surface area contributed by atoms with Crippen molar-refractivity contribution in [2.75, 3.05) is 31.1 Å². The fourth-order valence-electron chi connectivity index (χ4n) is 1.69. The van der Waals surface area contributed by atoms with Crippen LogP contribution in [0.5, 0.6) is 0 Å². The molecule has 0 aliphatic heterocycles. The largest absolute Gasteiger partial charge is 0.303 e. The Hall–Kier alpha value is -0.940. The first kappa shape index (κ1) is 16.1. The molecule has 1 aromatic rings. The van der Waals surface area contributed by atoms with Gasteiger partial charge in [-0.3, -0.25) is 4.79 Å². The van der Waals surface area contributed by atoms with Crippen LogP contribution in [0.4, 0.5) is 8.78 Å². The molecule has 0 fully saturated rings. The fraction of sp³-hybridized carbons (Fsp3) is 0.500. The van der Waals surface area contributed by atoms with Crippen molar-refractivity contribution >= 4 is 17.5 Å². The zero-order chi connectivity index (χ0) is 14.3. The van der Waals surface area contributed by atoms with E-state index in [4.69, 9.17) is 0 Å². The number of ketones is 1. The number of hydrogen-bond donors (Lipinski definition) is 0. The van der Waals surface area contributed by atoms with Gasteiger partial charge in [-0.25, -0.2) is 8.78 Å². The Morgan fingerprint density at radius 1 is 1.26 bits per heavy atom. The van der Waals surface area contributed by atoms with Crippen molar-refractivity contribution in [3.8, 4) is 0 Å². The molecular formula is C14H19F2NOS. The number of nitrogens with zero attached hydrogens (tertiary/aromatic N) is 1. The van der Waals surface area contributed by atoms with Crippen LogP contribution in [0.2, 0.25) is 0 Å². The summed E-state index contributed by atoms with van der Waals surface area (Å²) in [6, 6.07) is 2.96. The Bertz CT molecular complexity index is 422. The molecule has 1 aromatic carbocycles. The van der Waals surface area contributed by atoms with Gasteiger partial charge in [0.25, 0.3) is 0 Å². The van der Waals surface area contributed by atoms with Crippen molar-refractivity contribution < 1.29 is 13.6 Å². The van der Waals surface area contributed by atoms with E-state index < -0.39 is 11.6 Å². The summed E-state index contributed by atoms with van der Waals surface area (Å²) in [5.41, 5.74) is -0.157. The van der Waals surface area contributed by atoms with E-state index in [-0.39, 0.29) is 17.1 Å². The summed E-state index contributed by atoms with van der Waals surface area (Å²) in [4.78, 5) is 14.0. The highest BCUT2D eigenvalue weighted by atomic mass is 32.2. The fourth-order valence-corrected chi connectivity index (χ4v) is 2.56. The zero-order valence-corrected chi connectivity index (χ0v) is 12.1. The summed E-state index contributed by atoms with van der Waals surface area (Å²) in [6.45, 7) is 7.02. The van der Waals surface area contributed by atoms with E-state index in [0.29, 0.717) is 0 Å². The number of halogens is 2. The van der Waals surface area contributed by atoms with Crippen LogP contribution >= 0.6 is 11.8 Å².